The number of carbonyl (C=O) groups is 1. The first kappa shape index (κ1) is 22.1. The van der Waals surface area contributed by atoms with Crippen molar-refractivity contribution in [3.63, 3.8) is 0 Å². The maximum absolute atomic E-state index is 13.2. The molecule has 3 aromatic rings. The Morgan fingerprint density at radius 2 is 1.75 bits per heavy atom. The van der Waals surface area contributed by atoms with E-state index in [1.54, 1.807) is 60.7 Å². The van der Waals surface area contributed by atoms with Crippen LogP contribution in [-0.2, 0) is 14.8 Å². The molecule has 1 amide bonds. The number of ether oxygens (including phenoxy) is 2. The molecule has 0 aliphatic carbocycles. The fraction of sp³-hybridized carbons (Fsp3) is 0.0909. The van der Waals surface area contributed by atoms with Crippen LogP contribution in [0, 0.1) is 3.57 Å². The lowest BCUT2D eigenvalue weighted by Gasteiger charge is -2.23. The largest absolute Gasteiger partial charge is 0.454 e. The summed E-state index contributed by atoms with van der Waals surface area (Å²) in [6.07, 6.45) is 1.45. The number of nitrogens with one attached hydrogen (secondary N) is 1. The zero-order valence-electron chi connectivity index (χ0n) is 16.6. The van der Waals surface area contributed by atoms with Gasteiger partial charge in [0.05, 0.1) is 16.8 Å². The van der Waals surface area contributed by atoms with Gasteiger partial charge in [0.25, 0.3) is 15.9 Å². The fourth-order valence-electron chi connectivity index (χ4n) is 2.98. The summed E-state index contributed by atoms with van der Waals surface area (Å²) < 4.78 is 39.0. The molecule has 8 nitrogen and oxygen atoms in total. The topological polar surface area (TPSA) is 97.3 Å². The number of nitrogens with zero attached hydrogens (tertiary/aromatic N) is 2. The number of benzene rings is 3. The molecule has 32 heavy (non-hydrogen) atoms. The van der Waals surface area contributed by atoms with Crippen LogP contribution in [0.1, 0.15) is 5.56 Å². The van der Waals surface area contributed by atoms with Crippen LogP contribution in [0.3, 0.4) is 0 Å². The minimum Gasteiger partial charge on any atom is -0.454 e. The van der Waals surface area contributed by atoms with E-state index in [1.165, 1.54) is 18.3 Å². The maximum atomic E-state index is 13.2. The molecule has 0 saturated heterocycles. The number of hydrogen-bond acceptors (Lipinski definition) is 6. The molecular formula is C22H18IN3O5S. The van der Waals surface area contributed by atoms with Gasteiger partial charge in [0.15, 0.2) is 11.5 Å². The van der Waals surface area contributed by atoms with E-state index < -0.39 is 22.5 Å². The highest BCUT2D eigenvalue weighted by molar-refractivity contribution is 14.1. The molecular weight excluding hydrogens is 545 g/mol. The number of fused-ring (bicyclic) bond motifs is 1. The third-order valence-electron chi connectivity index (χ3n) is 4.53. The molecule has 0 bridgehead atoms. The molecule has 0 atom stereocenters. The average Bonchev–Trinajstić information content (AvgIpc) is 3.27. The standard InChI is InChI=1S/C22H18IN3O5S/c23-17-7-9-18(10-8-17)26(32(28,29)19-4-2-1-3-5-19)14-22(27)25-24-13-16-6-11-20-21(12-16)31-15-30-20/h1-13H,14-15H2,(H,25,27)/b24-13-. The number of amides is 1. The minimum absolute atomic E-state index is 0.0928. The van der Waals surface area contributed by atoms with Crippen molar-refractivity contribution >= 4 is 50.4 Å². The third-order valence-corrected chi connectivity index (χ3v) is 7.04. The normalized spacial score (nSPS) is 12.7. The number of rotatable bonds is 7. The number of anilines is 1. The van der Waals surface area contributed by atoms with Crippen LogP contribution in [0.5, 0.6) is 11.5 Å². The predicted molar refractivity (Wildman–Crippen MR) is 128 cm³/mol. The molecule has 10 heteroatoms. The smallest absolute Gasteiger partial charge is 0.264 e. The summed E-state index contributed by atoms with van der Waals surface area (Å²) in [6.45, 7) is -0.271. The lowest BCUT2D eigenvalue weighted by Crippen LogP contribution is -2.39. The molecule has 1 aliphatic heterocycles. The van der Waals surface area contributed by atoms with Gasteiger partial charge in [0.2, 0.25) is 6.79 Å². The van der Waals surface area contributed by atoms with Crippen molar-refractivity contribution in [3.05, 3.63) is 81.9 Å². The highest BCUT2D eigenvalue weighted by Crippen LogP contribution is 2.32. The van der Waals surface area contributed by atoms with Gasteiger partial charge in [-0.15, -0.1) is 0 Å². The van der Waals surface area contributed by atoms with Crippen molar-refractivity contribution in [2.45, 2.75) is 4.90 Å². The Morgan fingerprint density at radius 1 is 1.03 bits per heavy atom. The Hall–Kier alpha value is -3.12. The molecule has 4 rings (SSSR count). The molecule has 1 aliphatic rings. The summed E-state index contributed by atoms with van der Waals surface area (Å²) in [7, 11) is -3.96. The Kier molecular flexibility index (Phi) is 6.61. The predicted octanol–water partition coefficient (Wildman–Crippen LogP) is 3.37. The lowest BCUT2D eigenvalue weighted by atomic mass is 10.2. The van der Waals surface area contributed by atoms with Gasteiger partial charge in [-0.25, -0.2) is 13.8 Å². The van der Waals surface area contributed by atoms with Crippen molar-refractivity contribution < 1.29 is 22.7 Å². The molecule has 0 aromatic heterocycles. The number of carbonyl (C=O) groups excluding carboxylic acids is 1. The van der Waals surface area contributed by atoms with Crippen molar-refractivity contribution in [3.8, 4) is 11.5 Å². The van der Waals surface area contributed by atoms with E-state index in [2.05, 4.69) is 33.1 Å². The number of sulfonamides is 1. The van der Waals surface area contributed by atoms with Crippen LogP contribution in [0.15, 0.2) is 82.8 Å². The van der Waals surface area contributed by atoms with Crippen molar-refractivity contribution in [2.24, 2.45) is 5.10 Å². The van der Waals surface area contributed by atoms with Crippen LogP contribution in [0.2, 0.25) is 0 Å². The zero-order valence-corrected chi connectivity index (χ0v) is 19.6. The van der Waals surface area contributed by atoms with Gasteiger partial charge in [0, 0.05) is 3.57 Å². The van der Waals surface area contributed by atoms with Crippen LogP contribution >= 0.6 is 22.6 Å². The molecule has 0 spiro atoms. The van der Waals surface area contributed by atoms with E-state index in [0.717, 1.165) is 7.88 Å². The monoisotopic (exact) mass is 563 g/mol. The van der Waals surface area contributed by atoms with E-state index in [0.29, 0.717) is 22.7 Å². The summed E-state index contributed by atoms with van der Waals surface area (Å²) >= 11 is 2.13. The average molecular weight is 563 g/mol. The molecule has 164 valence electrons. The Morgan fingerprint density at radius 3 is 2.50 bits per heavy atom. The molecule has 0 unspecified atom stereocenters. The van der Waals surface area contributed by atoms with E-state index in [-0.39, 0.29) is 11.7 Å². The second kappa shape index (κ2) is 9.57. The van der Waals surface area contributed by atoms with E-state index >= 15 is 0 Å². The van der Waals surface area contributed by atoms with Gasteiger partial charge in [-0.05, 0) is 82.8 Å². The van der Waals surface area contributed by atoms with Crippen LogP contribution in [-0.4, -0.2) is 33.9 Å². The summed E-state index contributed by atoms with van der Waals surface area (Å²) in [5.74, 6) is 0.657. The molecule has 1 heterocycles. The minimum atomic E-state index is -3.96. The number of halogens is 1. The van der Waals surface area contributed by atoms with Crippen LogP contribution < -0.4 is 19.2 Å². The van der Waals surface area contributed by atoms with Crippen molar-refractivity contribution in [1.29, 1.82) is 0 Å². The van der Waals surface area contributed by atoms with Gasteiger partial charge >= 0.3 is 0 Å². The second-order valence-corrected chi connectivity index (χ2v) is 9.81. The van der Waals surface area contributed by atoms with Gasteiger partial charge in [0.1, 0.15) is 6.54 Å². The van der Waals surface area contributed by atoms with E-state index in [4.69, 9.17) is 9.47 Å². The summed E-state index contributed by atoms with van der Waals surface area (Å²) in [5.41, 5.74) is 3.46. The third kappa shape index (κ3) is 5.02. The van der Waals surface area contributed by atoms with Gasteiger partial charge in [-0.2, -0.15) is 5.10 Å². The highest BCUT2D eigenvalue weighted by atomic mass is 127. The number of hydrazone groups is 1. The Balaban J connectivity index is 1.51. The second-order valence-electron chi connectivity index (χ2n) is 6.71. The van der Waals surface area contributed by atoms with Crippen LogP contribution in [0.4, 0.5) is 5.69 Å². The maximum Gasteiger partial charge on any atom is 0.264 e. The summed E-state index contributed by atoms with van der Waals surface area (Å²) in [6, 6.07) is 20.1. The summed E-state index contributed by atoms with van der Waals surface area (Å²) in [4.78, 5) is 12.7. The molecule has 0 radical (unpaired) electrons. The van der Waals surface area contributed by atoms with E-state index in [9.17, 15) is 13.2 Å². The van der Waals surface area contributed by atoms with Crippen molar-refractivity contribution in [2.75, 3.05) is 17.6 Å². The number of hydrogen-bond donors (Lipinski definition) is 1. The molecule has 0 saturated carbocycles. The highest BCUT2D eigenvalue weighted by Gasteiger charge is 2.27. The Labute approximate surface area is 199 Å². The van der Waals surface area contributed by atoms with Crippen LogP contribution in [0.25, 0.3) is 0 Å². The fourth-order valence-corrected chi connectivity index (χ4v) is 4.78. The Bertz CT molecular complexity index is 1250. The van der Waals surface area contributed by atoms with E-state index in [1.807, 2.05) is 0 Å². The first-order valence-electron chi connectivity index (χ1n) is 9.48. The molecule has 0 fully saturated rings. The van der Waals surface area contributed by atoms with Gasteiger partial charge < -0.3 is 9.47 Å². The zero-order chi connectivity index (χ0) is 22.6. The molecule has 1 N–H and O–H groups in total. The first-order valence-corrected chi connectivity index (χ1v) is 12.0. The quantitative estimate of drug-likeness (QED) is 0.270. The first-order chi connectivity index (χ1) is 15.4. The molecule has 3 aromatic carbocycles. The van der Waals surface area contributed by atoms with Gasteiger partial charge in [-0.1, -0.05) is 18.2 Å². The SMILES string of the molecule is O=C(CN(c1ccc(I)cc1)S(=O)(=O)c1ccccc1)N/N=C\c1ccc2c(c1)OCO2. The van der Waals surface area contributed by atoms with Crippen molar-refractivity contribution in [1.82, 2.24) is 5.43 Å². The van der Waals surface area contributed by atoms with Gasteiger partial charge in [-0.3, -0.25) is 9.10 Å². The summed E-state index contributed by atoms with van der Waals surface area (Å²) in [5, 5.41) is 3.94. The lowest BCUT2D eigenvalue weighted by molar-refractivity contribution is -0.119.